The van der Waals surface area contributed by atoms with Crippen molar-refractivity contribution in [2.75, 3.05) is 26.7 Å². The van der Waals surface area contributed by atoms with E-state index >= 15 is 0 Å². The quantitative estimate of drug-likeness (QED) is 0.871. The minimum atomic E-state index is 0.875. The van der Waals surface area contributed by atoms with E-state index in [0.29, 0.717) is 0 Å². The van der Waals surface area contributed by atoms with Gasteiger partial charge in [-0.15, -0.1) is 11.3 Å². The molecule has 1 atom stereocenters. The molecule has 0 saturated carbocycles. The Kier molecular flexibility index (Phi) is 4.95. The van der Waals surface area contributed by atoms with Crippen LogP contribution in [0.5, 0.6) is 0 Å². The number of likely N-dealkylation sites (tertiary alicyclic amines) is 1. The summed E-state index contributed by atoms with van der Waals surface area (Å²) in [5, 5.41) is 4.45. The highest BCUT2D eigenvalue weighted by Gasteiger charge is 2.16. The molecule has 96 valence electrons. The van der Waals surface area contributed by atoms with Crippen LogP contribution < -0.4 is 5.32 Å². The van der Waals surface area contributed by atoms with Gasteiger partial charge >= 0.3 is 0 Å². The number of hydrogen-bond donors (Lipinski definition) is 1. The maximum Gasteiger partial charge on any atom is 0.0940 e. The zero-order valence-electron chi connectivity index (χ0n) is 10.9. The van der Waals surface area contributed by atoms with Crippen molar-refractivity contribution in [2.24, 2.45) is 5.92 Å². The number of aromatic nitrogens is 1. The third-order valence-corrected chi connectivity index (χ3v) is 4.39. The predicted octanol–water partition coefficient (Wildman–Crippen LogP) is 2.14. The molecule has 3 nitrogen and oxygen atoms in total. The average Bonchev–Trinajstić information content (AvgIpc) is 2.75. The summed E-state index contributed by atoms with van der Waals surface area (Å²) in [6.07, 6.45) is 5.89. The molecule has 0 aromatic carbocycles. The smallest absolute Gasteiger partial charge is 0.0940 e. The SMILES string of the molecule is CNCc1cnc(CCN2CCCC(C)C2)s1. The fourth-order valence-electron chi connectivity index (χ4n) is 2.46. The van der Waals surface area contributed by atoms with Crippen LogP contribution in [0.25, 0.3) is 0 Å². The molecule has 4 heteroatoms. The summed E-state index contributed by atoms with van der Waals surface area (Å²) in [4.78, 5) is 8.42. The molecule has 1 N–H and O–H groups in total. The standard InChI is InChI=1S/C13H23N3S/c1-11-4-3-6-16(10-11)7-5-13-15-9-12(17-13)8-14-2/h9,11,14H,3-8,10H2,1-2H3. The monoisotopic (exact) mass is 253 g/mol. The number of piperidine rings is 1. The molecule has 1 aromatic rings. The van der Waals surface area contributed by atoms with Gasteiger partial charge in [-0.1, -0.05) is 6.92 Å². The molecule has 0 amide bonds. The molecule has 0 bridgehead atoms. The van der Waals surface area contributed by atoms with E-state index in [1.807, 2.05) is 24.6 Å². The fraction of sp³-hybridized carbons (Fsp3) is 0.769. The first kappa shape index (κ1) is 13.0. The Labute approximate surface area is 108 Å². The molecule has 2 rings (SSSR count). The number of hydrogen-bond acceptors (Lipinski definition) is 4. The van der Waals surface area contributed by atoms with E-state index in [0.717, 1.165) is 18.9 Å². The van der Waals surface area contributed by atoms with Crippen molar-refractivity contribution in [1.82, 2.24) is 15.2 Å². The van der Waals surface area contributed by atoms with Crippen LogP contribution >= 0.6 is 11.3 Å². The second-order valence-corrected chi connectivity index (χ2v) is 6.25. The van der Waals surface area contributed by atoms with E-state index < -0.39 is 0 Å². The lowest BCUT2D eigenvalue weighted by Crippen LogP contribution is -2.35. The molecular formula is C13H23N3S. The number of rotatable bonds is 5. The third-order valence-electron chi connectivity index (χ3n) is 3.34. The van der Waals surface area contributed by atoms with Gasteiger partial charge in [0.25, 0.3) is 0 Å². The lowest BCUT2D eigenvalue weighted by Gasteiger charge is -2.30. The zero-order chi connectivity index (χ0) is 12.1. The van der Waals surface area contributed by atoms with Gasteiger partial charge in [0, 0.05) is 37.1 Å². The van der Waals surface area contributed by atoms with Gasteiger partial charge in [-0.2, -0.15) is 0 Å². The van der Waals surface area contributed by atoms with Crippen molar-refractivity contribution in [2.45, 2.75) is 32.7 Å². The number of nitrogens with zero attached hydrogens (tertiary/aromatic N) is 2. The summed E-state index contributed by atoms with van der Waals surface area (Å²) >= 11 is 1.85. The van der Waals surface area contributed by atoms with Crippen molar-refractivity contribution >= 4 is 11.3 Å². The van der Waals surface area contributed by atoms with E-state index in [1.54, 1.807) is 0 Å². The van der Waals surface area contributed by atoms with Crippen molar-refractivity contribution < 1.29 is 0 Å². The topological polar surface area (TPSA) is 28.2 Å². The molecule has 2 heterocycles. The highest BCUT2D eigenvalue weighted by atomic mass is 32.1. The Hall–Kier alpha value is -0.450. The second-order valence-electron chi connectivity index (χ2n) is 5.05. The van der Waals surface area contributed by atoms with Gasteiger partial charge in [0.2, 0.25) is 0 Å². The lowest BCUT2D eigenvalue weighted by atomic mass is 10.0. The summed E-state index contributed by atoms with van der Waals surface area (Å²) in [5.74, 6) is 0.875. The molecule has 1 aliphatic heterocycles. The van der Waals surface area contributed by atoms with E-state index in [4.69, 9.17) is 0 Å². The van der Waals surface area contributed by atoms with E-state index in [1.165, 1.54) is 42.4 Å². The molecule has 1 fully saturated rings. The van der Waals surface area contributed by atoms with Gasteiger partial charge in [0.1, 0.15) is 0 Å². The van der Waals surface area contributed by atoms with Gasteiger partial charge in [-0.05, 0) is 32.4 Å². The Morgan fingerprint density at radius 1 is 1.59 bits per heavy atom. The zero-order valence-corrected chi connectivity index (χ0v) is 11.7. The third kappa shape index (κ3) is 4.05. The summed E-state index contributed by atoms with van der Waals surface area (Å²) in [7, 11) is 1.98. The van der Waals surface area contributed by atoms with Crippen molar-refractivity contribution in [3.63, 3.8) is 0 Å². The first-order chi connectivity index (χ1) is 8.28. The summed E-state index contributed by atoms with van der Waals surface area (Å²) in [6.45, 7) is 7.03. The maximum absolute atomic E-state index is 4.49. The van der Waals surface area contributed by atoms with Gasteiger partial charge < -0.3 is 10.2 Å². The summed E-state index contributed by atoms with van der Waals surface area (Å²) in [5.41, 5.74) is 0. The summed E-state index contributed by atoms with van der Waals surface area (Å²) < 4.78 is 0. The van der Waals surface area contributed by atoms with Crippen LogP contribution in [0.1, 0.15) is 29.7 Å². The van der Waals surface area contributed by atoms with E-state index in [-0.39, 0.29) is 0 Å². The van der Waals surface area contributed by atoms with Crippen LogP contribution in [0.15, 0.2) is 6.20 Å². The Morgan fingerprint density at radius 2 is 2.47 bits per heavy atom. The largest absolute Gasteiger partial charge is 0.315 e. The first-order valence-electron chi connectivity index (χ1n) is 6.58. The van der Waals surface area contributed by atoms with Crippen LogP contribution in [0.2, 0.25) is 0 Å². The molecule has 0 aliphatic carbocycles. The first-order valence-corrected chi connectivity index (χ1v) is 7.40. The molecule has 17 heavy (non-hydrogen) atoms. The van der Waals surface area contributed by atoms with Crippen LogP contribution in [0.3, 0.4) is 0 Å². The van der Waals surface area contributed by atoms with Crippen molar-refractivity contribution in [3.8, 4) is 0 Å². The molecule has 1 unspecified atom stereocenters. The van der Waals surface area contributed by atoms with Crippen LogP contribution in [0.4, 0.5) is 0 Å². The second kappa shape index (κ2) is 6.47. The molecule has 0 radical (unpaired) electrons. The van der Waals surface area contributed by atoms with Crippen molar-refractivity contribution in [3.05, 3.63) is 16.1 Å². The Balaban J connectivity index is 1.76. The van der Waals surface area contributed by atoms with Gasteiger partial charge in [0.05, 0.1) is 5.01 Å². The number of thiazole rings is 1. The lowest BCUT2D eigenvalue weighted by molar-refractivity contribution is 0.186. The molecule has 0 spiro atoms. The Bertz CT molecular complexity index is 337. The molecule has 1 aliphatic rings. The van der Waals surface area contributed by atoms with Gasteiger partial charge in [0.15, 0.2) is 0 Å². The van der Waals surface area contributed by atoms with E-state index in [9.17, 15) is 0 Å². The van der Waals surface area contributed by atoms with Gasteiger partial charge in [-0.25, -0.2) is 4.98 Å². The number of nitrogens with one attached hydrogen (secondary N) is 1. The normalized spacial score (nSPS) is 21.9. The van der Waals surface area contributed by atoms with E-state index in [2.05, 4.69) is 22.1 Å². The highest BCUT2D eigenvalue weighted by molar-refractivity contribution is 7.11. The van der Waals surface area contributed by atoms with Gasteiger partial charge in [-0.3, -0.25) is 0 Å². The van der Waals surface area contributed by atoms with Crippen LogP contribution in [-0.2, 0) is 13.0 Å². The van der Waals surface area contributed by atoms with Crippen LogP contribution in [-0.4, -0.2) is 36.6 Å². The minimum Gasteiger partial charge on any atom is -0.315 e. The van der Waals surface area contributed by atoms with Crippen LogP contribution in [0, 0.1) is 5.92 Å². The summed E-state index contributed by atoms with van der Waals surface area (Å²) in [6, 6.07) is 0. The molecular weight excluding hydrogens is 230 g/mol. The maximum atomic E-state index is 4.49. The van der Waals surface area contributed by atoms with Crippen molar-refractivity contribution in [1.29, 1.82) is 0 Å². The average molecular weight is 253 g/mol. The Morgan fingerprint density at radius 3 is 3.24 bits per heavy atom. The fourth-order valence-corrected chi connectivity index (χ4v) is 3.39. The molecule has 1 saturated heterocycles. The minimum absolute atomic E-state index is 0.875. The predicted molar refractivity (Wildman–Crippen MR) is 73.4 cm³/mol. The molecule has 1 aromatic heterocycles. The highest BCUT2D eigenvalue weighted by Crippen LogP contribution is 2.17.